The Hall–Kier alpha value is -0.840. The molecule has 2 heterocycles. The molecule has 1 N–H and O–H groups in total. The number of imidazole rings is 1. The van der Waals surface area contributed by atoms with Crippen LogP contribution in [0, 0.1) is 5.92 Å². The first kappa shape index (κ1) is 12.2. The maximum Gasteiger partial charge on any atom is 0.151 e. The summed E-state index contributed by atoms with van der Waals surface area (Å²) >= 11 is 0. The van der Waals surface area contributed by atoms with Gasteiger partial charge >= 0.3 is 0 Å². The van der Waals surface area contributed by atoms with Gasteiger partial charge in [0.15, 0.2) is 9.84 Å². The Bertz CT molecular complexity index is 547. The first-order valence-electron chi connectivity index (χ1n) is 6.85. The van der Waals surface area contributed by atoms with Crippen molar-refractivity contribution in [3.63, 3.8) is 0 Å². The van der Waals surface area contributed by atoms with Crippen molar-refractivity contribution in [1.82, 2.24) is 9.97 Å². The third-order valence-electron chi connectivity index (χ3n) is 4.36. The average Bonchev–Trinajstić information content (AvgIpc) is 2.90. The lowest BCUT2D eigenvalue weighted by Crippen LogP contribution is -2.12. The number of hydrogen-bond acceptors (Lipinski definition) is 3. The predicted molar refractivity (Wildman–Crippen MR) is 70.4 cm³/mol. The van der Waals surface area contributed by atoms with Gasteiger partial charge in [0.1, 0.15) is 5.82 Å². The molecule has 0 aromatic carbocycles. The number of nitrogens with zero attached hydrogens (tertiary/aromatic N) is 1. The second kappa shape index (κ2) is 4.37. The average molecular weight is 268 g/mol. The molecule has 1 fully saturated rings. The summed E-state index contributed by atoms with van der Waals surface area (Å²) in [5, 5.41) is 0. The molecule has 0 radical (unpaired) electrons. The maximum absolute atomic E-state index is 11.5. The van der Waals surface area contributed by atoms with Crippen molar-refractivity contribution >= 4 is 9.84 Å². The van der Waals surface area contributed by atoms with Crippen LogP contribution < -0.4 is 0 Å². The van der Waals surface area contributed by atoms with Crippen molar-refractivity contribution in [2.45, 2.75) is 44.9 Å². The molecular formula is C13H20N2O2S. The highest BCUT2D eigenvalue weighted by Gasteiger charge is 2.32. The van der Waals surface area contributed by atoms with Gasteiger partial charge in [-0.2, -0.15) is 0 Å². The highest BCUT2D eigenvalue weighted by atomic mass is 32.2. The molecule has 0 amide bonds. The zero-order valence-corrected chi connectivity index (χ0v) is 11.6. The molecule has 1 saturated heterocycles. The Balaban J connectivity index is 1.82. The highest BCUT2D eigenvalue weighted by Crippen LogP contribution is 2.31. The van der Waals surface area contributed by atoms with E-state index in [0.717, 1.165) is 31.0 Å². The highest BCUT2D eigenvalue weighted by molar-refractivity contribution is 7.91. The molecule has 100 valence electrons. The lowest BCUT2D eigenvalue weighted by Gasteiger charge is -2.19. The fourth-order valence-corrected chi connectivity index (χ4v) is 4.88. The van der Waals surface area contributed by atoms with Crippen LogP contribution in [0.1, 0.15) is 49.3 Å². The zero-order valence-electron chi connectivity index (χ0n) is 10.8. The fraction of sp³-hybridized carbons (Fsp3) is 0.769. The van der Waals surface area contributed by atoms with E-state index in [1.54, 1.807) is 0 Å². The summed E-state index contributed by atoms with van der Waals surface area (Å²) in [7, 11) is -2.82. The Morgan fingerprint density at radius 3 is 2.89 bits per heavy atom. The summed E-state index contributed by atoms with van der Waals surface area (Å²) in [5.74, 6) is 2.37. The van der Waals surface area contributed by atoms with Gasteiger partial charge in [-0.25, -0.2) is 13.4 Å². The number of nitrogens with one attached hydrogen (secondary N) is 1. The Morgan fingerprint density at radius 2 is 2.22 bits per heavy atom. The van der Waals surface area contributed by atoms with E-state index in [9.17, 15) is 8.42 Å². The topological polar surface area (TPSA) is 62.8 Å². The molecule has 1 aliphatic heterocycles. The standard InChI is InChI=1S/C13H20N2O2S/c1-2-9-3-4-11-12(7-9)15-13(14-11)10-5-6-18(16,17)8-10/h9-10H,2-8H2,1H3,(H,14,15). The van der Waals surface area contributed by atoms with Crippen molar-refractivity contribution in [3.8, 4) is 0 Å². The normalized spacial score (nSPS) is 30.3. The van der Waals surface area contributed by atoms with Crippen molar-refractivity contribution in [2.75, 3.05) is 11.5 Å². The minimum absolute atomic E-state index is 0.0978. The van der Waals surface area contributed by atoms with E-state index >= 15 is 0 Å². The lowest BCUT2D eigenvalue weighted by atomic mass is 9.88. The van der Waals surface area contributed by atoms with Crippen molar-refractivity contribution in [2.24, 2.45) is 5.92 Å². The third-order valence-corrected chi connectivity index (χ3v) is 6.13. The molecule has 0 bridgehead atoms. The fourth-order valence-electron chi connectivity index (χ4n) is 3.13. The molecule has 5 heteroatoms. The summed E-state index contributed by atoms with van der Waals surface area (Å²) < 4.78 is 23.0. The molecule has 3 rings (SSSR count). The number of fused-ring (bicyclic) bond motifs is 1. The molecule has 0 spiro atoms. The summed E-state index contributed by atoms with van der Waals surface area (Å²) in [6, 6.07) is 0. The van der Waals surface area contributed by atoms with E-state index in [-0.39, 0.29) is 11.7 Å². The number of sulfone groups is 1. The van der Waals surface area contributed by atoms with Crippen LogP contribution in [0.2, 0.25) is 0 Å². The van der Waals surface area contributed by atoms with E-state index in [1.807, 2.05) is 0 Å². The monoisotopic (exact) mass is 268 g/mol. The quantitative estimate of drug-likeness (QED) is 0.890. The molecule has 1 aromatic rings. The van der Waals surface area contributed by atoms with Crippen LogP contribution in [0.4, 0.5) is 0 Å². The predicted octanol–water partition coefficient (Wildman–Crippen LogP) is 1.83. The number of H-pyrrole nitrogens is 1. The van der Waals surface area contributed by atoms with Crippen LogP contribution in [0.15, 0.2) is 0 Å². The molecule has 1 aliphatic carbocycles. The van der Waals surface area contributed by atoms with Gasteiger partial charge in [-0.15, -0.1) is 0 Å². The minimum atomic E-state index is -2.82. The SMILES string of the molecule is CCC1CCc2nc(C3CCS(=O)(=O)C3)[nH]c2C1. The van der Waals surface area contributed by atoms with Gasteiger partial charge in [-0.1, -0.05) is 13.3 Å². The van der Waals surface area contributed by atoms with Crippen molar-refractivity contribution in [1.29, 1.82) is 0 Å². The molecule has 4 nitrogen and oxygen atoms in total. The number of aromatic amines is 1. The van der Waals surface area contributed by atoms with Crippen LogP contribution in [0.3, 0.4) is 0 Å². The van der Waals surface area contributed by atoms with E-state index in [4.69, 9.17) is 0 Å². The van der Waals surface area contributed by atoms with Crippen LogP contribution in [0.5, 0.6) is 0 Å². The second-order valence-corrected chi connectivity index (χ2v) is 7.89. The van der Waals surface area contributed by atoms with Crippen LogP contribution in [-0.4, -0.2) is 29.9 Å². The maximum atomic E-state index is 11.5. The van der Waals surface area contributed by atoms with Crippen LogP contribution >= 0.6 is 0 Å². The van der Waals surface area contributed by atoms with Crippen LogP contribution in [0.25, 0.3) is 0 Å². The Labute approximate surface area is 108 Å². The number of aryl methyl sites for hydroxylation is 1. The summed E-state index contributed by atoms with van der Waals surface area (Å²) in [6.45, 7) is 2.23. The first-order valence-corrected chi connectivity index (χ1v) is 8.67. The van der Waals surface area contributed by atoms with Gasteiger partial charge < -0.3 is 4.98 Å². The van der Waals surface area contributed by atoms with Crippen LogP contribution in [-0.2, 0) is 22.7 Å². The first-order chi connectivity index (χ1) is 8.57. The largest absolute Gasteiger partial charge is 0.345 e. The third kappa shape index (κ3) is 2.20. The molecule has 18 heavy (non-hydrogen) atoms. The number of rotatable bonds is 2. The van der Waals surface area contributed by atoms with E-state index in [0.29, 0.717) is 5.75 Å². The zero-order chi connectivity index (χ0) is 12.8. The Morgan fingerprint density at radius 1 is 1.39 bits per heavy atom. The van der Waals surface area contributed by atoms with Gasteiger partial charge in [0, 0.05) is 11.6 Å². The smallest absolute Gasteiger partial charge is 0.151 e. The summed E-state index contributed by atoms with van der Waals surface area (Å²) in [5.41, 5.74) is 2.44. The van der Waals surface area contributed by atoms with Gasteiger partial charge in [-0.3, -0.25) is 0 Å². The van der Waals surface area contributed by atoms with Crippen molar-refractivity contribution in [3.05, 3.63) is 17.2 Å². The van der Waals surface area contributed by atoms with E-state index in [2.05, 4.69) is 16.9 Å². The molecule has 2 atom stereocenters. The number of hydrogen-bond donors (Lipinski definition) is 1. The molecular weight excluding hydrogens is 248 g/mol. The van der Waals surface area contributed by atoms with Gasteiger partial charge in [-0.05, 0) is 31.6 Å². The van der Waals surface area contributed by atoms with E-state index in [1.165, 1.54) is 24.2 Å². The van der Waals surface area contributed by atoms with Crippen molar-refractivity contribution < 1.29 is 8.42 Å². The second-order valence-electron chi connectivity index (χ2n) is 5.66. The lowest BCUT2D eigenvalue weighted by molar-refractivity contribution is 0.438. The minimum Gasteiger partial charge on any atom is -0.345 e. The molecule has 2 unspecified atom stereocenters. The summed E-state index contributed by atoms with van der Waals surface area (Å²) in [6.07, 6.45) is 5.29. The molecule has 0 saturated carbocycles. The van der Waals surface area contributed by atoms with Gasteiger partial charge in [0.25, 0.3) is 0 Å². The summed E-state index contributed by atoms with van der Waals surface area (Å²) in [4.78, 5) is 8.05. The number of aromatic nitrogens is 2. The molecule has 1 aromatic heterocycles. The van der Waals surface area contributed by atoms with Gasteiger partial charge in [0.2, 0.25) is 0 Å². The Kier molecular flexibility index (Phi) is 2.96. The molecule has 2 aliphatic rings. The van der Waals surface area contributed by atoms with E-state index < -0.39 is 9.84 Å². The van der Waals surface area contributed by atoms with Gasteiger partial charge in [0.05, 0.1) is 17.2 Å².